The number of nitrogens with zero attached hydrogens (tertiary/aromatic N) is 2. The Morgan fingerprint density at radius 3 is 2.68 bits per heavy atom. The molecule has 0 saturated carbocycles. The molecule has 2 aromatic rings. The van der Waals surface area contributed by atoms with Gasteiger partial charge in [0, 0.05) is 12.9 Å². The summed E-state index contributed by atoms with van der Waals surface area (Å²) < 4.78 is 1.14. The van der Waals surface area contributed by atoms with Crippen LogP contribution in [0.4, 0.5) is 0 Å². The van der Waals surface area contributed by atoms with Crippen molar-refractivity contribution in [1.82, 2.24) is 19.5 Å². The van der Waals surface area contributed by atoms with E-state index >= 15 is 0 Å². The van der Waals surface area contributed by atoms with E-state index in [0.717, 1.165) is 4.57 Å². The molecule has 0 fully saturated rings. The minimum Gasteiger partial charge on any atom is -0.390 e. The summed E-state index contributed by atoms with van der Waals surface area (Å²) in [5, 5.41) is 19.5. The molecule has 4 N–H and O–H groups in total. The molecule has 0 aliphatic rings. The van der Waals surface area contributed by atoms with Crippen molar-refractivity contribution in [2.75, 3.05) is 5.88 Å². The first-order chi connectivity index (χ1) is 8.95. The monoisotopic (exact) mass is 288 g/mol. The number of aromatic nitrogens is 4. The molecule has 2 unspecified atom stereocenters. The maximum Gasteiger partial charge on any atom is 0.329 e. The smallest absolute Gasteiger partial charge is 0.329 e. The second kappa shape index (κ2) is 5.16. The summed E-state index contributed by atoms with van der Waals surface area (Å²) in [6, 6.07) is 0. The molecule has 0 aliphatic carbocycles. The quantitative estimate of drug-likeness (QED) is 0.536. The van der Waals surface area contributed by atoms with Crippen molar-refractivity contribution in [1.29, 1.82) is 0 Å². The molecule has 2 rings (SSSR count). The average Bonchev–Trinajstić information content (AvgIpc) is 2.81. The van der Waals surface area contributed by atoms with Crippen LogP contribution in [-0.4, -0.2) is 41.7 Å². The Balaban J connectivity index is 2.53. The van der Waals surface area contributed by atoms with Crippen molar-refractivity contribution < 1.29 is 10.2 Å². The lowest BCUT2D eigenvalue weighted by Crippen LogP contribution is -2.28. The fourth-order valence-electron chi connectivity index (χ4n) is 1.71. The third kappa shape index (κ3) is 2.42. The molecule has 2 atom stereocenters. The van der Waals surface area contributed by atoms with E-state index < -0.39 is 23.5 Å². The molecule has 2 aromatic heterocycles. The van der Waals surface area contributed by atoms with Gasteiger partial charge in [-0.2, -0.15) is 0 Å². The minimum atomic E-state index is -1.30. The number of nitrogens with one attached hydrogen (secondary N) is 2. The molecule has 0 radical (unpaired) electrons. The molecule has 0 bridgehead atoms. The number of H-pyrrole nitrogens is 2. The Bertz CT molecular complexity index is 704. The third-order valence-corrected chi connectivity index (χ3v) is 3.04. The van der Waals surface area contributed by atoms with Crippen molar-refractivity contribution in [3.8, 4) is 0 Å². The predicted molar refractivity (Wildman–Crippen MR) is 68.3 cm³/mol. The molecule has 8 nitrogen and oxygen atoms in total. The number of hydrogen-bond acceptors (Lipinski definition) is 5. The van der Waals surface area contributed by atoms with Crippen LogP contribution in [0, 0.1) is 0 Å². The molecular weight excluding hydrogens is 276 g/mol. The van der Waals surface area contributed by atoms with E-state index in [2.05, 4.69) is 15.0 Å². The van der Waals surface area contributed by atoms with Gasteiger partial charge >= 0.3 is 5.69 Å². The average molecular weight is 289 g/mol. The largest absolute Gasteiger partial charge is 0.390 e. The number of hydrogen-bond donors (Lipinski definition) is 4. The molecule has 0 saturated heterocycles. The van der Waals surface area contributed by atoms with Gasteiger partial charge in [0.25, 0.3) is 5.56 Å². The lowest BCUT2D eigenvalue weighted by Gasteiger charge is -2.13. The number of aryl methyl sites for hydroxylation is 1. The van der Waals surface area contributed by atoms with Crippen LogP contribution in [-0.2, 0) is 7.05 Å². The molecular formula is C10H13ClN4O4. The highest BCUT2D eigenvalue weighted by atomic mass is 35.5. The number of alkyl halides is 1. The Kier molecular flexibility index (Phi) is 3.74. The van der Waals surface area contributed by atoms with Crippen molar-refractivity contribution in [3.05, 3.63) is 26.7 Å². The number of aliphatic hydroxyl groups is 2. The SMILES string of the molecule is Cn1c(=O)[nH]c(=O)c2[nH]c(C(O)C(O)CCCl)nc21. The first kappa shape index (κ1) is 13.8. The Labute approximate surface area is 111 Å². The summed E-state index contributed by atoms with van der Waals surface area (Å²) in [6.45, 7) is 0. The van der Waals surface area contributed by atoms with Crippen molar-refractivity contribution in [3.63, 3.8) is 0 Å². The van der Waals surface area contributed by atoms with Gasteiger partial charge in [0.15, 0.2) is 5.65 Å². The number of aromatic amines is 2. The van der Waals surface area contributed by atoms with Gasteiger partial charge in [0.1, 0.15) is 17.4 Å². The first-order valence-electron chi connectivity index (χ1n) is 5.56. The van der Waals surface area contributed by atoms with Gasteiger partial charge in [-0.3, -0.25) is 14.3 Å². The number of fused-ring (bicyclic) bond motifs is 1. The maximum absolute atomic E-state index is 11.6. The van der Waals surface area contributed by atoms with Gasteiger partial charge in [0.2, 0.25) is 0 Å². The van der Waals surface area contributed by atoms with Crippen LogP contribution in [0.25, 0.3) is 11.2 Å². The van der Waals surface area contributed by atoms with Gasteiger partial charge in [-0.25, -0.2) is 9.78 Å². The minimum absolute atomic E-state index is 0.0133. The summed E-state index contributed by atoms with van der Waals surface area (Å²) in [5.74, 6) is 0.191. The van der Waals surface area contributed by atoms with E-state index in [1.54, 1.807) is 0 Å². The predicted octanol–water partition coefficient (Wildman–Crippen LogP) is -1.03. The van der Waals surface area contributed by atoms with E-state index in [1.165, 1.54) is 7.05 Å². The van der Waals surface area contributed by atoms with Crippen molar-refractivity contribution >= 4 is 22.8 Å². The molecule has 0 aliphatic heterocycles. The molecule has 9 heteroatoms. The van der Waals surface area contributed by atoms with Crippen molar-refractivity contribution in [2.45, 2.75) is 18.6 Å². The summed E-state index contributed by atoms with van der Waals surface area (Å²) in [4.78, 5) is 31.6. The number of aliphatic hydroxyl groups excluding tert-OH is 2. The highest BCUT2D eigenvalue weighted by Gasteiger charge is 2.22. The second-order valence-electron chi connectivity index (χ2n) is 4.13. The van der Waals surface area contributed by atoms with Gasteiger partial charge in [-0.1, -0.05) is 0 Å². The van der Waals surface area contributed by atoms with Gasteiger partial charge in [0.05, 0.1) is 6.10 Å². The lowest BCUT2D eigenvalue weighted by atomic mass is 10.1. The third-order valence-electron chi connectivity index (χ3n) is 2.82. The molecule has 0 aromatic carbocycles. The zero-order valence-corrected chi connectivity index (χ0v) is 10.8. The van der Waals surface area contributed by atoms with E-state index in [0.29, 0.717) is 0 Å². The van der Waals surface area contributed by atoms with E-state index in [1.807, 2.05) is 0 Å². The summed E-state index contributed by atoms with van der Waals surface area (Å²) >= 11 is 5.48. The van der Waals surface area contributed by atoms with Crippen LogP contribution < -0.4 is 11.2 Å². The van der Waals surface area contributed by atoms with Crippen LogP contribution in [0.2, 0.25) is 0 Å². The highest BCUT2D eigenvalue weighted by Crippen LogP contribution is 2.18. The standard InChI is InChI=1S/C10H13ClN4O4/c1-15-8-5(9(18)14-10(15)19)12-7(13-8)6(17)4(16)2-3-11/h4,6,16-17H,2-3H2,1H3,(H,12,13)(H,14,18,19). The summed E-state index contributed by atoms with van der Waals surface area (Å²) in [5.41, 5.74) is -1.06. The fourth-order valence-corrected chi connectivity index (χ4v) is 1.94. The van der Waals surface area contributed by atoms with Crippen LogP contribution in [0.3, 0.4) is 0 Å². The fraction of sp³-hybridized carbons (Fsp3) is 0.500. The Hall–Kier alpha value is -1.64. The summed E-state index contributed by atoms with van der Waals surface area (Å²) in [6.07, 6.45) is -2.23. The number of rotatable bonds is 4. The highest BCUT2D eigenvalue weighted by molar-refractivity contribution is 6.17. The normalized spacial score (nSPS) is 14.7. The number of halogens is 1. The van der Waals surface area contributed by atoms with E-state index in [9.17, 15) is 19.8 Å². The molecule has 19 heavy (non-hydrogen) atoms. The van der Waals surface area contributed by atoms with Crippen LogP contribution in [0.15, 0.2) is 9.59 Å². The van der Waals surface area contributed by atoms with Gasteiger partial charge < -0.3 is 15.2 Å². The number of imidazole rings is 1. The Morgan fingerprint density at radius 1 is 1.37 bits per heavy atom. The first-order valence-corrected chi connectivity index (χ1v) is 6.10. The van der Waals surface area contributed by atoms with Crippen LogP contribution in [0.5, 0.6) is 0 Å². The zero-order valence-electron chi connectivity index (χ0n) is 10.1. The molecule has 0 amide bonds. The van der Waals surface area contributed by atoms with Crippen molar-refractivity contribution in [2.24, 2.45) is 7.05 Å². The van der Waals surface area contributed by atoms with Gasteiger partial charge in [-0.05, 0) is 6.42 Å². The molecule has 0 spiro atoms. The van der Waals surface area contributed by atoms with Crippen LogP contribution in [0.1, 0.15) is 18.3 Å². The summed E-state index contributed by atoms with van der Waals surface area (Å²) in [7, 11) is 1.44. The zero-order chi connectivity index (χ0) is 14.2. The van der Waals surface area contributed by atoms with E-state index in [4.69, 9.17) is 11.6 Å². The second-order valence-corrected chi connectivity index (χ2v) is 4.51. The maximum atomic E-state index is 11.6. The topological polar surface area (TPSA) is 124 Å². The van der Waals surface area contributed by atoms with Crippen LogP contribution >= 0.6 is 11.6 Å². The molecule has 104 valence electrons. The van der Waals surface area contributed by atoms with Gasteiger partial charge in [-0.15, -0.1) is 11.6 Å². The Morgan fingerprint density at radius 2 is 2.05 bits per heavy atom. The lowest BCUT2D eigenvalue weighted by molar-refractivity contribution is 0.0123. The van der Waals surface area contributed by atoms with E-state index in [-0.39, 0.29) is 29.3 Å². The molecule has 2 heterocycles.